The van der Waals surface area contributed by atoms with Crippen molar-refractivity contribution in [2.45, 2.75) is 264 Å². The number of fused-ring (bicyclic) bond motifs is 7. The molecule has 10 heterocycles. The number of hydrogen-bond acceptors (Lipinski definition) is 20. The van der Waals surface area contributed by atoms with E-state index in [1.807, 2.05) is 196 Å². The standard InChI is InChI=1S/C29H36N2O4.C24H28N2O2.C20H25NO4.C12H19NO3.C8H8F3NO2S.C8H8O2.C4H9N.CH4O.CH4/c1-6-30(7-2)26(32)22-15-13-21(14-16-22)24-19-29(34-25-12-9-8-11-23(24)25)17-10-18-31(20-29)27(33)35-28(3,4)5;1-3-26(4-2)23(27)19-12-10-18(11-13-19)21-16-24(14-7-15-25-17-24)28-22-9-6-5-8-20(21)22;1-19(2,3)25-18(23)21-13-8-9-14(21)11-20(10-13)12-16(22)15-6-4-5-7-17(15)24-20;1-12(2,3)16-11(15)13-8-4-5-9(13)7-10(14)6-8;1-12(7-5-3-2-4-6-7)15(13,14)8(9,10)11;1-6(9)7-4-2-3-5-8(7)10;1-2-4-5-3-1;1-2;/h8-9,11-16,19H,6-7,10,17-18,20H2,1-5H3;5-6,8-13,16,25H,3-4,7,14-15,17H2,1-2H3;4-7,13-14H,8-12H2,1-3H3;8-9H,4-7H2,1-3H3;2-6H,1H3;2-5,10H,1H3;5H,1-4H2;2H,1H3;1H4. The summed E-state index contributed by atoms with van der Waals surface area (Å²) in [5.74, 6) is 2.92. The number of aliphatic hydroxyl groups is 1. The van der Waals surface area contributed by atoms with E-state index in [-0.39, 0.29) is 100 Å². The van der Waals surface area contributed by atoms with Crippen molar-refractivity contribution in [2.24, 2.45) is 0 Å². The summed E-state index contributed by atoms with van der Waals surface area (Å²) in [6, 6.07) is 53.4. The fourth-order valence-electron chi connectivity index (χ4n) is 18.5. The molecular weight excluding hydrogens is 1770 g/mol. The van der Waals surface area contributed by atoms with Gasteiger partial charge < -0.3 is 73.8 Å². The molecule has 6 atom stereocenters. The number of phenols is 1. The van der Waals surface area contributed by atoms with Crippen LogP contribution in [0.5, 0.6) is 23.0 Å². The number of benzene rings is 7. The normalized spacial score (nSPS) is 21.3. The number of sulfonamides is 1. The molecule has 7 saturated heterocycles. The van der Waals surface area contributed by atoms with Gasteiger partial charge in [-0.05, 0) is 288 Å². The number of likely N-dealkylation sites (tertiary alicyclic amines) is 1. The van der Waals surface area contributed by atoms with Crippen LogP contribution in [-0.4, -0.2) is 233 Å². The second-order valence-electron chi connectivity index (χ2n) is 38.4. The number of carbonyl (C=O) groups excluding carboxylic acids is 8. The number of amides is 5. The maximum atomic E-state index is 12.8. The summed E-state index contributed by atoms with van der Waals surface area (Å²) in [5, 5.41) is 22.8. The summed E-state index contributed by atoms with van der Waals surface area (Å²) >= 11 is 0. The van der Waals surface area contributed by atoms with Crippen LogP contribution in [-0.2, 0) is 29.0 Å². The van der Waals surface area contributed by atoms with E-state index in [0.29, 0.717) is 80.7 Å². The molecule has 0 aromatic heterocycles. The molecule has 30 heteroatoms. The van der Waals surface area contributed by atoms with Crippen LogP contribution in [0.2, 0.25) is 0 Å². The first-order chi connectivity index (χ1) is 64.4. The van der Waals surface area contributed by atoms with Crippen molar-refractivity contribution in [1.29, 1.82) is 0 Å². The molecule has 7 aromatic carbocycles. The number of anilines is 1. The molecule has 17 rings (SSSR count). The van der Waals surface area contributed by atoms with Crippen LogP contribution in [0.3, 0.4) is 0 Å². The van der Waals surface area contributed by atoms with E-state index in [0.717, 1.165) is 137 Å². The molecular formula is C107H141F3N8O18S. The van der Waals surface area contributed by atoms with E-state index in [1.54, 1.807) is 34.1 Å². The van der Waals surface area contributed by atoms with Gasteiger partial charge in [0.05, 0.1) is 29.8 Å². The number of halogens is 3. The molecule has 137 heavy (non-hydrogen) atoms. The Morgan fingerprint density at radius 1 is 0.504 bits per heavy atom. The Morgan fingerprint density at radius 3 is 1.33 bits per heavy atom. The Hall–Kier alpha value is -11.6. The molecule has 4 N–H and O–H groups in total. The lowest BCUT2D eigenvalue weighted by atomic mass is 9.79. The number of carbonyl (C=O) groups is 8. The predicted octanol–water partition coefficient (Wildman–Crippen LogP) is 20.1. The first kappa shape index (κ1) is 109. The van der Waals surface area contributed by atoms with Crippen molar-refractivity contribution in [3.8, 4) is 23.0 Å². The van der Waals surface area contributed by atoms with E-state index in [9.17, 15) is 59.9 Å². The number of ketones is 3. The van der Waals surface area contributed by atoms with Crippen LogP contribution in [0, 0.1) is 0 Å². The zero-order chi connectivity index (χ0) is 99.3. The number of nitrogens with zero attached hydrogens (tertiary/aromatic N) is 6. The van der Waals surface area contributed by atoms with E-state index in [4.69, 9.17) is 38.6 Å². The van der Waals surface area contributed by atoms with Crippen LogP contribution in [0.4, 0.5) is 33.2 Å². The summed E-state index contributed by atoms with van der Waals surface area (Å²) in [4.78, 5) is 107. The van der Waals surface area contributed by atoms with Crippen molar-refractivity contribution in [1.82, 2.24) is 35.1 Å². The van der Waals surface area contributed by atoms with Crippen LogP contribution >= 0.6 is 0 Å². The minimum atomic E-state index is -5.30. The molecule has 0 saturated carbocycles. The van der Waals surface area contributed by atoms with Crippen molar-refractivity contribution in [2.75, 3.05) is 83.9 Å². The number of rotatable bonds is 11. The quantitative estimate of drug-likeness (QED) is 0.0691. The second-order valence-corrected chi connectivity index (χ2v) is 40.4. The van der Waals surface area contributed by atoms with Gasteiger partial charge in [0.15, 0.2) is 11.6 Å². The van der Waals surface area contributed by atoms with Gasteiger partial charge in [-0.2, -0.15) is 21.6 Å². The van der Waals surface area contributed by atoms with E-state index >= 15 is 0 Å². The Kier molecular flexibility index (Phi) is 37.9. The Balaban J connectivity index is 0.000000188. The number of aliphatic hydroxyl groups excluding tert-OH is 1. The minimum absolute atomic E-state index is 0. The smallest absolute Gasteiger partial charge is 0.507 e. The third-order valence-corrected chi connectivity index (χ3v) is 26.4. The number of para-hydroxylation sites is 5. The number of nitrogens with one attached hydrogen (secondary N) is 2. The van der Waals surface area contributed by atoms with Gasteiger partial charge in [0.2, 0.25) is 0 Å². The van der Waals surface area contributed by atoms with Gasteiger partial charge in [-0.3, -0.25) is 28.3 Å². The number of phenolic OH excluding ortho intramolecular Hbond substituents is 1. The SMILES string of the molecule is C.C1CCNC1.CC(=O)c1ccccc1O.CC(C)(C)OC(=O)N1C2CCC1CC(=O)C2.CC(C)(C)OC(=O)N1C2CCC1CC1(CC(=O)c3ccccc3O1)C2.CCN(CC)C(=O)c1ccc(C2=CC3(CCCN(C(=O)OC(C)(C)C)C3)Oc3ccccc32)cc1.CCN(CC)C(=O)c1ccc(C2=CC3(CCCNC3)Oc3ccccc32)cc1.CN(c1ccccc1)S(=O)(=O)C(F)(F)F.CO. The van der Waals surface area contributed by atoms with Gasteiger partial charge >= 0.3 is 33.8 Å². The van der Waals surface area contributed by atoms with Crippen molar-refractivity contribution >= 4 is 74.3 Å². The Labute approximate surface area is 807 Å². The maximum Gasteiger partial charge on any atom is 0.516 e. The second kappa shape index (κ2) is 47.6. The summed E-state index contributed by atoms with van der Waals surface area (Å²) in [6.07, 6.45) is 16.7. The maximum absolute atomic E-state index is 12.8. The largest absolute Gasteiger partial charge is 0.516 e. The molecule has 744 valence electrons. The topological polar surface area (TPSA) is 310 Å². The molecule has 3 spiro atoms. The Morgan fingerprint density at radius 2 is 0.905 bits per heavy atom. The highest BCUT2D eigenvalue weighted by atomic mass is 32.2. The number of alkyl halides is 3. The summed E-state index contributed by atoms with van der Waals surface area (Å²) in [6.45, 7) is 34.6. The lowest BCUT2D eigenvalue weighted by molar-refractivity contribution is -0.123. The highest BCUT2D eigenvalue weighted by Crippen LogP contribution is 2.50. The fourth-order valence-corrected chi connectivity index (χ4v) is 19.2. The summed E-state index contributed by atoms with van der Waals surface area (Å²) in [7, 11) is -3.44. The lowest BCUT2D eigenvalue weighted by Crippen LogP contribution is -2.57. The van der Waals surface area contributed by atoms with E-state index in [1.165, 1.54) is 68.8 Å². The summed E-state index contributed by atoms with van der Waals surface area (Å²) in [5.41, 5.74) is 0.759. The molecule has 6 unspecified atom stereocenters. The van der Waals surface area contributed by atoms with Crippen molar-refractivity contribution in [3.05, 3.63) is 233 Å². The highest BCUT2D eigenvalue weighted by Gasteiger charge is 2.56. The van der Waals surface area contributed by atoms with E-state index < -0.39 is 43.5 Å². The number of hydrogen-bond donors (Lipinski definition) is 4. The first-order valence-corrected chi connectivity index (χ1v) is 48.8. The van der Waals surface area contributed by atoms with Gasteiger partial charge in [-0.1, -0.05) is 111 Å². The number of ether oxygens (including phenoxy) is 6. The molecule has 0 aliphatic carbocycles. The van der Waals surface area contributed by atoms with Crippen LogP contribution in [0.1, 0.15) is 264 Å². The zero-order valence-electron chi connectivity index (χ0n) is 81.5. The lowest BCUT2D eigenvalue weighted by Gasteiger charge is -2.47. The van der Waals surface area contributed by atoms with Gasteiger partial charge in [0, 0.05) is 126 Å². The van der Waals surface area contributed by atoms with Crippen molar-refractivity contribution in [3.63, 3.8) is 0 Å². The third-order valence-electron chi connectivity index (χ3n) is 24.9. The molecule has 5 amide bonds. The Bertz CT molecular complexity index is 5410. The van der Waals surface area contributed by atoms with Gasteiger partial charge in [0.1, 0.15) is 62.4 Å². The third kappa shape index (κ3) is 28.6. The molecule has 26 nitrogen and oxygen atoms in total. The van der Waals surface area contributed by atoms with Gasteiger partial charge in [0.25, 0.3) is 11.8 Å². The van der Waals surface area contributed by atoms with Gasteiger partial charge in [-0.25, -0.2) is 14.4 Å². The molecule has 10 aliphatic rings. The van der Waals surface area contributed by atoms with Gasteiger partial charge in [-0.15, -0.1) is 0 Å². The molecule has 7 aromatic rings. The fraction of sp³-hybridized carbons (Fsp3) is 0.495. The molecule has 0 radical (unpaired) electrons. The number of Topliss-reactive ketones (excluding diaryl/α,β-unsaturated/α-hetero) is 3. The average Bonchev–Trinajstić information content (AvgIpc) is 1.36. The summed E-state index contributed by atoms with van der Waals surface area (Å²) < 4.78 is 94.5. The average molecular weight is 1920 g/mol. The van der Waals surface area contributed by atoms with Crippen molar-refractivity contribution < 1.29 is 98.6 Å². The number of aromatic hydroxyl groups is 1. The molecule has 4 bridgehead atoms. The zero-order valence-corrected chi connectivity index (χ0v) is 82.4. The minimum Gasteiger partial charge on any atom is -0.507 e. The number of piperidine rings is 4. The van der Waals surface area contributed by atoms with E-state index in [2.05, 4.69) is 53.1 Å². The van der Waals surface area contributed by atoms with Crippen LogP contribution in [0.25, 0.3) is 11.1 Å². The van der Waals surface area contributed by atoms with Crippen LogP contribution < -0.4 is 29.1 Å². The van der Waals surface area contributed by atoms with Crippen LogP contribution in [0.15, 0.2) is 188 Å². The predicted molar refractivity (Wildman–Crippen MR) is 527 cm³/mol. The highest BCUT2D eigenvalue weighted by molar-refractivity contribution is 7.93. The molecule has 10 aliphatic heterocycles. The molecule has 7 fully saturated rings. The monoisotopic (exact) mass is 1920 g/mol. The first-order valence-electron chi connectivity index (χ1n) is 47.3.